The Hall–Kier alpha value is -2.20. The molecule has 0 aliphatic rings. The molecule has 0 spiro atoms. The molecular weight excluding hydrogens is 302 g/mol. The molecule has 0 atom stereocenters. The molecule has 1 N–H and O–H groups in total. The second kappa shape index (κ2) is 9.18. The first-order chi connectivity index (χ1) is 11.6. The van der Waals surface area contributed by atoms with Gasteiger partial charge in [-0.05, 0) is 61.3 Å². The SMILES string of the molecule is CCNCc1ccc(OCCOc2ccc(C)c(C)c2)c(OC)c1. The van der Waals surface area contributed by atoms with Crippen molar-refractivity contribution in [3.05, 3.63) is 53.1 Å². The summed E-state index contributed by atoms with van der Waals surface area (Å²) in [6, 6.07) is 12.1. The summed E-state index contributed by atoms with van der Waals surface area (Å²) in [5.74, 6) is 2.35. The summed E-state index contributed by atoms with van der Waals surface area (Å²) in [6.07, 6.45) is 0. The molecule has 0 aliphatic carbocycles. The molecule has 0 saturated heterocycles. The summed E-state index contributed by atoms with van der Waals surface area (Å²) >= 11 is 0. The standard InChI is InChI=1S/C20H27NO3/c1-5-21-14-17-7-9-19(20(13-17)22-4)24-11-10-23-18-8-6-15(2)16(3)12-18/h6-9,12-13,21H,5,10-11,14H2,1-4H3. The zero-order chi connectivity index (χ0) is 17.4. The molecule has 130 valence electrons. The van der Waals surface area contributed by atoms with Crippen molar-refractivity contribution in [2.24, 2.45) is 0 Å². The molecule has 0 amide bonds. The van der Waals surface area contributed by atoms with Gasteiger partial charge in [-0.15, -0.1) is 0 Å². The molecule has 0 saturated carbocycles. The van der Waals surface area contributed by atoms with E-state index < -0.39 is 0 Å². The predicted molar refractivity (Wildman–Crippen MR) is 97.3 cm³/mol. The van der Waals surface area contributed by atoms with Crippen LogP contribution in [0, 0.1) is 13.8 Å². The number of nitrogens with one attached hydrogen (secondary N) is 1. The predicted octanol–water partition coefficient (Wildman–Crippen LogP) is 3.88. The van der Waals surface area contributed by atoms with Crippen molar-refractivity contribution in [3.63, 3.8) is 0 Å². The van der Waals surface area contributed by atoms with Crippen LogP contribution in [0.25, 0.3) is 0 Å². The highest BCUT2D eigenvalue weighted by Crippen LogP contribution is 2.28. The maximum Gasteiger partial charge on any atom is 0.161 e. The Morgan fingerprint density at radius 2 is 1.67 bits per heavy atom. The van der Waals surface area contributed by atoms with Crippen LogP contribution in [0.15, 0.2) is 36.4 Å². The summed E-state index contributed by atoms with van der Waals surface area (Å²) in [6.45, 7) is 8.98. The van der Waals surface area contributed by atoms with Crippen LogP contribution in [-0.4, -0.2) is 26.9 Å². The van der Waals surface area contributed by atoms with Crippen LogP contribution in [0.5, 0.6) is 17.2 Å². The van der Waals surface area contributed by atoms with Crippen molar-refractivity contribution in [2.45, 2.75) is 27.3 Å². The van der Waals surface area contributed by atoms with Gasteiger partial charge in [0.1, 0.15) is 19.0 Å². The molecule has 0 aliphatic heterocycles. The molecule has 0 heterocycles. The van der Waals surface area contributed by atoms with Crippen LogP contribution in [-0.2, 0) is 6.54 Å². The van der Waals surface area contributed by atoms with Crippen LogP contribution in [0.4, 0.5) is 0 Å². The van der Waals surface area contributed by atoms with Crippen molar-refractivity contribution in [3.8, 4) is 17.2 Å². The molecule has 0 bridgehead atoms. The maximum absolute atomic E-state index is 5.79. The molecule has 4 heteroatoms. The van der Waals surface area contributed by atoms with Gasteiger partial charge in [-0.2, -0.15) is 0 Å². The monoisotopic (exact) mass is 329 g/mol. The fraction of sp³-hybridized carbons (Fsp3) is 0.400. The van der Waals surface area contributed by atoms with E-state index in [0.29, 0.717) is 13.2 Å². The molecule has 2 aromatic rings. The number of methoxy groups -OCH3 is 1. The average Bonchev–Trinajstić information content (AvgIpc) is 2.60. The maximum atomic E-state index is 5.79. The molecule has 0 fully saturated rings. The molecule has 0 aromatic heterocycles. The van der Waals surface area contributed by atoms with E-state index in [-0.39, 0.29) is 0 Å². The van der Waals surface area contributed by atoms with E-state index in [2.05, 4.69) is 32.2 Å². The molecule has 0 radical (unpaired) electrons. The normalized spacial score (nSPS) is 10.5. The van der Waals surface area contributed by atoms with Crippen LogP contribution in [0.1, 0.15) is 23.6 Å². The Labute approximate surface area is 144 Å². The smallest absolute Gasteiger partial charge is 0.161 e. The van der Waals surface area contributed by atoms with Crippen LogP contribution >= 0.6 is 0 Å². The first kappa shape index (κ1) is 18.1. The second-order valence-corrected chi connectivity index (χ2v) is 5.71. The van der Waals surface area contributed by atoms with Gasteiger partial charge in [0.25, 0.3) is 0 Å². The average molecular weight is 329 g/mol. The highest BCUT2D eigenvalue weighted by Gasteiger charge is 2.06. The molecule has 2 rings (SSSR count). The number of ether oxygens (including phenoxy) is 3. The fourth-order valence-corrected chi connectivity index (χ4v) is 2.33. The third-order valence-corrected chi connectivity index (χ3v) is 3.90. The van der Waals surface area contributed by atoms with Crippen molar-refractivity contribution < 1.29 is 14.2 Å². The van der Waals surface area contributed by atoms with Crippen molar-refractivity contribution >= 4 is 0 Å². The Bertz CT molecular complexity index is 655. The van der Waals surface area contributed by atoms with Crippen LogP contribution in [0.2, 0.25) is 0 Å². The van der Waals surface area contributed by atoms with E-state index in [4.69, 9.17) is 14.2 Å². The summed E-state index contributed by atoms with van der Waals surface area (Å²) < 4.78 is 16.9. The van der Waals surface area contributed by atoms with Gasteiger partial charge in [0.15, 0.2) is 11.5 Å². The third kappa shape index (κ3) is 5.17. The zero-order valence-electron chi connectivity index (χ0n) is 15.0. The Morgan fingerprint density at radius 1 is 0.875 bits per heavy atom. The first-order valence-electron chi connectivity index (χ1n) is 8.34. The zero-order valence-corrected chi connectivity index (χ0v) is 15.0. The van der Waals surface area contributed by atoms with Gasteiger partial charge in [0, 0.05) is 6.54 Å². The quantitative estimate of drug-likeness (QED) is 0.709. The van der Waals surface area contributed by atoms with Crippen molar-refractivity contribution in [1.29, 1.82) is 0 Å². The fourth-order valence-electron chi connectivity index (χ4n) is 2.33. The van der Waals surface area contributed by atoms with E-state index >= 15 is 0 Å². The van der Waals surface area contributed by atoms with Gasteiger partial charge in [-0.1, -0.05) is 19.1 Å². The van der Waals surface area contributed by atoms with Gasteiger partial charge in [0.2, 0.25) is 0 Å². The number of rotatable bonds is 9. The second-order valence-electron chi connectivity index (χ2n) is 5.71. The lowest BCUT2D eigenvalue weighted by atomic mass is 10.1. The molecular formula is C20H27NO3. The number of hydrogen-bond donors (Lipinski definition) is 1. The van der Waals surface area contributed by atoms with E-state index in [0.717, 1.165) is 30.3 Å². The van der Waals surface area contributed by atoms with E-state index in [1.807, 2.05) is 30.3 Å². The highest BCUT2D eigenvalue weighted by molar-refractivity contribution is 5.43. The van der Waals surface area contributed by atoms with E-state index in [9.17, 15) is 0 Å². The van der Waals surface area contributed by atoms with E-state index in [1.54, 1.807) is 7.11 Å². The molecule has 24 heavy (non-hydrogen) atoms. The van der Waals surface area contributed by atoms with Crippen molar-refractivity contribution in [1.82, 2.24) is 5.32 Å². The van der Waals surface area contributed by atoms with Gasteiger partial charge < -0.3 is 19.5 Å². The number of aryl methyl sites for hydroxylation is 2. The molecule has 0 unspecified atom stereocenters. The van der Waals surface area contributed by atoms with E-state index in [1.165, 1.54) is 16.7 Å². The Morgan fingerprint density at radius 3 is 2.38 bits per heavy atom. The van der Waals surface area contributed by atoms with Gasteiger partial charge in [-0.25, -0.2) is 0 Å². The number of benzene rings is 2. The summed E-state index contributed by atoms with van der Waals surface area (Å²) in [4.78, 5) is 0. The van der Waals surface area contributed by atoms with Crippen LogP contribution < -0.4 is 19.5 Å². The lowest BCUT2D eigenvalue weighted by Gasteiger charge is -2.13. The number of hydrogen-bond acceptors (Lipinski definition) is 4. The van der Waals surface area contributed by atoms with Gasteiger partial charge in [-0.3, -0.25) is 0 Å². The highest BCUT2D eigenvalue weighted by atomic mass is 16.5. The molecule has 4 nitrogen and oxygen atoms in total. The third-order valence-electron chi connectivity index (χ3n) is 3.90. The Balaban J connectivity index is 1.85. The largest absolute Gasteiger partial charge is 0.493 e. The van der Waals surface area contributed by atoms with Gasteiger partial charge in [0.05, 0.1) is 7.11 Å². The van der Waals surface area contributed by atoms with Crippen LogP contribution in [0.3, 0.4) is 0 Å². The minimum atomic E-state index is 0.468. The summed E-state index contributed by atoms with van der Waals surface area (Å²) in [5.41, 5.74) is 3.67. The summed E-state index contributed by atoms with van der Waals surface area (Å²) in [7, 11) is 1.66. The topological polar surface area (TPSA) is 39.7 Å². The lowest BCUT2D eigenvalue weighted by molar-refractivity contribution is 0.211. The first-order valence-corrected chi connectivity index (χ1v) is 8.34. The minimum absolute atomic E-state index is 0.468. The lowest BCUT2D eigenvalue weighted by Crippen LogP contribution is -2.12. The molecule has 2 aromatic carbocycles. The minimum Gasteiger partial charge on any atom is -0.493 e. The van der Waals surface area contributed by atoms with Gasteiger partial charge >= 0.3 is 0 Å². The Kier molecular flexibility index (Phi) is 6.94. The summed E-state index contributed by atoms with van der Waals surface area (Å²) in [5, 5.41) is 3.30. The van der Waals surface area contributed by atoms with Crippen molar-refractivity contribution in [2.75, 3.05) is 26.9 Å².